The molecule has 2 aromatic rings. The molecular weight excluding hydrogens is 250 g/mol. The molecule has 0 heterocycles. The van der Waals surface area contributed by atoms with E-state index in [4.69, 9.17) is 15.2 Å². The van der Waals surface area contributed by atoms with Crippen LogP contribution >= 0.6 is 0 Å². The largest absolute Gasteiger partial charge is 0.497 e. The summed E-state index contributed by atoms with van der Waals surface area (Å²) in [4.78, 5) is 0. The number of ether oxygens (including phenoxy) is 2. The summed E-state index contributed by atoms with van der Waals surface area (Å²) in [5.74, 6) is 0.850. The fourth-order valence-electron chi connectivity index (χ4n) is 2.09. The number of rotatable bonds is 6. The van der Waals surface area contributed by atoms with E-state index in [1.165, 1.54) is 5.56 Å². The molecule has 2 rings (SSSR count). The van der Waals surface area contributed by atoms with Crippen LogP contribution in [-0.4, -0.2) is 13.7 Å². The van der Waals surface area contributed by atoms with Gasteiger partial charge in [0, 0.05) is 6.54 Å². The van der Waals surface area contributed by atoms with Crippen molar-refractivity contribution in [3.05, 3.63) is 65.2 Å². The number of aryl methyl sites for hydroxylation is 1. The van der Waals surface area contributed by atoms with Crippen molar-refractivity contribution in [2.24, 2.45) is 5.73 Å². The van der Waals surface area contributed by atoms with Gasteiger partial charge in [-0.3, -0.25) is 0 Å². The molecule has 0 fully saturated rings. The minimum atomic E-state index is -0.0722. The molecule has 20 heavy (non-hydrogen) atoms. The Hall–Kier alpha value is -1.84. The Bertz CT molecular complexity index is 537. The maximum absolute atomic E-state index is 5.93. The molecule has 0 aliphatic rings. The first kappa shape index (κ1) is 14.6. The summed E-state index contributed by atoms with van der Waals surface area (Å²) in [6, 6.07) is 16.1. The van der Waals surface area contributed by atoms with E-state index in [1.54, 1.807) is 7.11 Å². The Labute approximate surface area is 120 Å². The highest BCUT2D eigenvalue weighted by Crippen LogP contribution is 2.20. The van der Waals surface area contributed by atoms with Gasteiger partial charge in [0.25, 0.3) is 0 Å². The van der Waals surface area contributed by atoms with Gasteiger partial charge in [-0.25, -0.2) is 0 Å². The highest BCUT2D eigenvalue weighted by Gasteiger charge is 2.10. The third-order valence-electron chi connectivity index (χ3n) is 3.24. The molecule has 0 saturated heterocycles. The molecule has 1 unspecified atom stereocenters. The van der Waals surface area contributed by atoms with Crippen LogP contribution in [0.1, 0.15) is 22.8 Å². The van der Waals surface area contributed by atoms with Crippen LogP contribution in [0, 0.1) is 6.92 Å². The van der Waals surface area contributed by atoms with Gasteiger partial charge in [-0.2, -0.15) is 0 Å². The summed E-state index contributed by atoms with van der Waals surface area (Å²) in [5.41, 5.74) is 9.27. The van der Waals surface area contributed by atoms with Crippen LogP contribution in [0.25, 0.3) is 0 Å². The predicted octanol–water partition coefficient (Wildman–Crippen LogP) is 3.22. The Kier molecular flexibility index (Phi) is 5.16. The van der Waals surface area contributed by atoms with Crippen LogP contribution in [0.3, 0.4) is 0 Å². The lowest BCUT2D eigenvalue weighted by Gasteiger charge is -2.17. The van der Waals surface area contributed by atoms with Gasteiger partial charge in [-0.15, -0.1) is 0 Å². The topological polar surface area (TPSA) is 44.5 Å². The summed E-state index contributed by atoms with van der Waals surface area (Å²) in [6.07, 6.45) is -0.0722. The molecule has 0 aliphatic heterocycles. The van der Waals surface area contributed by atoms with Crippen molar-refractivity contribution in [3.63, 3.8) is 0 Å². The Morgan fingerprint density at radius 2 is 1.85 bits per heavy atom. The van der Waals surface area contributed by atoms with Gasteiger partial charge in [0.05, 0.1) is 19.8 Å². The number of nitrogens with two attached hydrogens (primary N) is 1. The van der Waals surface area contributed by atoms with E-state index in [0.717, 1.165) is 16.9 Å². The molecular formula is C17H21NO2. The molecule has 2 aromatic carbocycles. The van der Waals surface area contributed by atoms with E-state index >= 15 is 0 Å². The predicted molar refractivity (Wildman–Crippen MR) is 80.8 cm³/mol. The average molecular weight is 271 g/mol. The third-order valence-corrected chi connectivity index (χ3v) is 3.24. The number of benzene rings is 2. The van der Waals surface area contributed by atoms with E-state index in [1.807, 2.05) is 30.3 Å². The SMILES string of the molecule is COc1ccc(COC(CN)c2cccc(C)c2)cc1. The maximum Gasteiger partial charge on any atom is 0.118 e. The molecule has 3 heteroatoms. The first-order chi connectivity index (χ1) is 9.72. The molecule has 0 spiro atoms. The van der Waals surface area contributed by atoms with Crippen molar-refractivity contribution in [1.82, 2.24) is 0 Å². The zero-order valence-corrected chi connectivity index (χ0v) is 12.0. The van der Waals surface area contributed by atoms with E-state index in [0.29, 0.717) is 13.2 Å². The highest BCUT2D eigenvalue weighted by atomic mass is 16.5. The standard InChI is InChI=1S/C17H21NO2/c1-13-4-3-5-15(10-13)17(11-18)20-12-14-6-8-16(19-2)9-7-14/h3-10,17H,11-12,18H2,1-2H3. The minimum absolute atomic E-state index is 0.0722. The van der Waals surface area contributed by atoms with Crippen LogP contribution in [0.2, 0.25) is 0 Å². The smallest absolute Gasteiger partial charge is 0.118 e. The minimum Gasteiger partial charge on any atom is -0.497 e. The highest BCUT2D eigenvalue weighted by molar-refractivity contribution is 5.27. The van der Waals surface area contributed by atoms with Crippen molar-refractivity contribution >= 4 is 0 Å². The molecule has 106 valence electrons. The van der Waals surface area contributed by atoms with Crippen LogP contribution in [0.5, 0.6) is 5.75 Å². The summed E-state index contributed by atoms with van der Waals surface area (Å²) >= 11 is 0. The van der Waals surface area contributed by atoms with Gasteiger partial charge in [0.2, 0.25) is 0 Å². The van der Waals surface area contributed by atoms with Crippen molar-refractivity contribution in [3.8, 4) is 5.75 Å². The second kappa shape index (κ2) is 7.08. The lowest BCUT2D eigenvalue weighted by Crippen LogP contribution is -2.16. The van der Waals surface area contributed by atoms with Crippen LogP contribution in [0.4, 0.5) is 0 Å². The Balaban J connectivity index is 1.99. The van der Waals surface area contributed by atoms with Gasteiger partial charge in [0.15, 0.2) is 0 Å². The molecule has 2 N–H and O–H groups in total. The first-order valence-corrected chi connectivity index (χ1v) is 6.74. The Morgan fingerprint density at radius 1 is 1.10 bits per heavy atom. The van der Waals surface area contributed by atoms with Gasteiger partial charge in [-0.05, 0) is 30.2 Å². The van der Waals surface area contributed by atoms with E-state index in [-0.39, 0.29) is 6.10 Å². The molecule has 0 radical (unpaired) electrons. The number of hydrogen-bond acceptors (Lipinski definition) is 3. The van der Waals surface area contributed by atoms with Gasteiger partial charge >= 0.3 is 0 Å². The van der Waals surface area contributed by atoms with Crippen molar-refractivity contribution in [2.75, 3.05) is 13.7 Å². The summed E-state index contributed by atoms with van der Waals surface area (Å²) in [6.45, 7) is 3.08. The lowest BCUT2D eigenvalue weighted by molar-refractivity contribution is 0.0456. The van der Waals surface area contributed by atoms with E-state index in [2.05, 4.69) is 25.1 Å². The average Bonchev–Trinajstić information content (AvgIpc) is 2.48. The van der Waals surface area contributed by atoms with Gasteiger partial charge < -0.3 is 15.2 Å². The molecule has 1 atom stereocenters. The summed E-state index contributed by atoms with van der Waals surface area (Å²) in [7, 11) is 1.66. The fourth-order valence-corrected chi connectivity index (χ4v) is 2.09. The van der Waals surface area contributed by atoms with E-state index < -0.39 is 0 Å². The van der Waals surface area contributed by atoms with E-state index in [9.17, 15) is 0 Å². The summed E-state index contributed by atoms with van der Waals surface area (Å²) < 4.78 is 11.1. The van der Waals surface area contributed by atoms with Crippen molar-refractivity contribution in [2.45, 2.75) is 19.6 Å². The zero-order chi connectivity index (χ0) is 14.4. The first-order valence-electron chi connectivity index (χ1n) is 6.74. The molecule has 0 aromatic heterocycles. The molecule has 0 saturated carbocycles. The van der Waals surface area contributed by atoms with Gasteiger partial charge in [-0.1, -0.05) is 42.0 Å². The second-order valence-corrected chi connectivity index (χ2v) is 4.80. The quantitative estimate of drug-likeness (QED) is 0.877. The van der Waals surface area contributed by atoms with Crippen LogP contribution in [-0.2, 0) is 11.3 Å². The molecule has 0 amide bonds. The van der Waals surface area contributed by atoms with Crippen LogP contribution in [0.15, 0.2) is 48.5 Å². The fraction of sp³-hybridized carbons (Fsp3) is 0.294. The van der Waals surface area contributed by atoms with Crippen molar-refractivity contribution in [1.29, 1.82) is 0 Å². The summed E-state index contributed by atoms with van der Waals surface area (Å²) in [5, 5.41) is 0. The lowest BCUT2D eigenvalue weighted by atomic mass is 10.1. The number of hydrogen-bond donors (Lipinski definition) is 1. The van der Waals surface area contributed by atoms with Gasteiger partial charge in [0.1, 0.15) is 5.75 Å². The maximum atomic E-state index is 5.93. The second-order valence-electron chi connectivity index (χ2n) is 4.80. The number of methoxy groups -OCH3 is 1. The molecule has 0 aliphatic carbocycles. The zero-order valence-electron chi connectivity index (χ0n) is 12.0. The third kappa shape index (κ3) is 3.83. The monoisotopic (exact) mass is 271 g/mol. The molecule has 0 bridgehead atoms. The van der Waals surface area contributed by atoms with Crippen molar-refractivity contribution < 1.29 is 9.47 Å². The van der Waals surface area contributed by atoms with Crippen LogP contribution < -0.4 is 10.5 Å². The molecule has 3 nitrogen and oxygen atoms in total. The normalized spacial score (nSPS) is 12.2. The Morgan fingerprint density at radius 3 is 2.45 bits per heavy atom.